The summed E-state index contributed by atoms with van der Waals surface area (Å²) in [6, 6.07) is 6.29. The molecule has 2 aliphatic heterocycles. The van der Waals surface area contributed by atoms with Crippen LogP contribution in [0.4, 0.5) is 5.69 Å². The topological polar surface area (TPSA) is 171 Å². The van der Waals surface area contributed by atoms with Crippen LogP contribution in [0, 0.1) is 17.8 Å². The molecule has 2 aliphatic carbocycles. The van der Waals surface area contributed by atoms with Crippen molar-refractivity contribution in [2.24, 2.45) is 17.8 Å². The minimum atomic E-state index is -2.05. The highest BCUT2D eigenvalue weighted by atomic mass is 35.5. The van der Waals surface area contributed by atoms with Crippen LogP contribution in [0.1, 0.15) is 34.7 Å². The number of hydrogen-bond acceptors (Lipinski definition) is 9. The minimum Gasteiger partial charge on any atom is -0.507 e. The van der Waals surface area contributed by atoms with Crippen LogP contribution in [-0.4, -0.2) is 80.8 Å². The molecule has 14 heteroatoms. The second-order valence-corrected chi connectivity index (χ2v) is 12.5. The van der Waals surface area contributed by atoms with Crippen LogP contribution in [0.3, 0.4) is 0 Å². The third kappa shape index (κ3) is 3.67. The molecule has 2 aromatic carbocycles. The van der Waals surface area contributed by atoms with E-state index in [0.29, 0.717) is 11.1 Å². The summed E-state index contributed by atoms with van der Waals surface area (Å²) in [7, 11) is 3.92. The average molecular weight is 645 g/mol. The zero-order chi connectivity index (χ0) is 32.0. The van der Waals surface area contributed by atoms with E-state index >= 15 is 0 Å². The Morgan fingerprint density at radius 3 is 2.16 bits per heavy atom. The van der Waals surface area contributed by atoms with Gasteiger partial charge in [0, 0.05) is 19.0 Å². The summed E-state index contributed by atoms with van der Waals surface area (Å²) in [5, 5.41) is 30.1. The lowest BCUT2D eigenvalue weighted by atomic mass is 9.56. The molecule has 0 aromatic heterocycles. The number of carbonyl (C=O) groups is 5. The van der Waals surface area contributed by atoms with Gasteiger partial charge in [-0.1, -0.05) is 11.6 Å². The molecule has 6 atom stereocenters. The van der Waals surface area contributed by atoms with E-state index in [1.54, 1.807) is 6.08 Å². The number of hydrogen-bond donors (Lipinski definition) is 3. The number of aromatic hydroxyl groups is 2. The lowest BCUT2D eigenvalue weighted by molar-refractivity contribution is -0.138. The maximum atomic E-state index is 14.1. The van der Waals surface area contributed by atoms with Crippen molar-refractivity contribution in [3.8, 4) is 23.0 Å². The Labute approximate surface area is 260 Å². The third-order valence-corrected chi connectivity index (χ3v) is 10.7. The van der Waals surface area contributed by atoms with Gasteiger partial charge in [-0.15, -0.1) is 23.2 Å². The number of imide groups is 2. The molecule has 6 unspecified atom stereocenters. The van der Waals surface area contributed by atoms with Crippen molar-refractivity contribution in [1.82, 2.24) is 4.90 Å². The van der Waals surface area contributed by atoms with Crippen LogP contribution >= 0.6 is 23.2 Å². The summed E-state index contributed by atoms with van der Waals surface area (Å²) in [6.07, 6.45) is 1.58. The largest absolute Gasteiger partial charge is 0.507 e. The number of nitrogens with zero attached hydrogens (tertiary/aromatic N) is 2. The minimum absolute atomic E-state index is 0.00392. The number of likely N-dealkylation sites (tertiary alicyclic amines) is 1. The quantitative estimate of drug-likeness (QED) is 0.250. The standard InChI is InChI=1S/C30H26Cl2N2O10/c1-33-27(41)29(31)11-17-14(22(30(29,32)28(33)42)12-8-19(43-2)23(36)20(9-12)44-3)6-7-16-21(17)25(38)34(24(16)37)13-4-5-15(26(39)40)18(35)10-13/h4-6,8-10,16-17,21-22,35-36H,7,11H2,1-3H3,(H,39,40). The first-order chi connectivity index (χ1) is 20.7. The zero-order valence-electron chi connectivity index (χ0n) is 23.5. The first-order valence-corrected chi connectivity index (χ1v) is 14.3. The summed E-state index contributed by atoms with van der Waals surface area (Å²) in [6.45, 7) is 0. The first kappa shape index (κ1) is 29.8. The number of amides is 4. The molecule has 6 rings (SSSR count). The van der Waals surface area contributed by atoms with Gasteiger partial charge in [-0.2, -0.15) is 0 Å². The summed E-state index contributed by atoms with van der Waals surface area (Å²) in [4.78, 5) is 64.2. The molecule has 3 fully saturated rings. The van der Waals surface area contributed by atoms with E-state index in [2.05, 4.69) is 0 Å². The Hall–Kier alpha value is -4.29. The van der Waals surface area contributed by atoms with Crippen LogP contribution in [0.5, 0.6) is 23.0 Å². The Morgan fingerprint density at radius 2 is 1.59 bits per heavy atom. The number of ether oxygens (including phenoxy) is 2. The smallest absolute Gasteiger partial charge is 0.339 e. The van der Waals surface area contributed by atoms with Crippen molar-refractivity contribution < 1.29 is 48.8 Å². The molecule has 0 radical (unpaired) electrons. The molecular formula is C30H26Cl2N2O10. The van der Waals surface area contributed by atoms with Crippen LogP contribution in [-0.2, 0) is 19.2 Å². The molecule has 1 saturated carbocycles. The van der Waals surface area contributed by atoms with Gasteiger partial charge >= 0.3 is 5.97 Å². The number of aromatic carboxylic acids is 1. The maximum absolute atomic E-state index is 14.1. The fourth-order valence-electron chi connectivity index (χ4n) is 7.29. The number of alkyl halides is 2. The monoisotopic (exact) mass is 644 g/mol. The second-order valence-electron chi connectivity index (χ2n) is 11.3. The van der Waals surface area contributed by atoms with Gasteiger partial charge in [-0.25, -0.2) is 9.69 Å². The number of carboxylic acid groups (broad SMARTS) is 1. The molecule has 4 amide bonds. The molecule has 0 spiro atoms. The molecule has 0 bridgehead atoms. The zero-order valence-corrected chi connectivity index (χ0v) is 25.0. The number of anilines is 1. The number of carboxylic acids is 1. The van der Waals surface area contributed by atoms with Crippen molar-refractivity contribution >= 4 is 58.5 Å². The summed E-state index contributed by atoms with van der Waals surface area (Å²) in [5.41, 5.74) is 0.416. The van der Waals surface area contributed by atoms with E-state index in [1.807, 2.05) is 0 Å². The Balaban J connectivity index is 1.51. The number of phenolic OH excluding ortho intramolecular Hbond substituents is 1. The van der Waals surface area contributed by atoms with Crippen LogP contribution in [0.25, 0.3) is 0 Å². The Bertz CT molecular complexity index is 1700. The number of fused-ring (bicyclic) bond motifs is 4. The molecule has 2 aromatic rings. The Kier molecular flexibility index (Phi) is 6.67. The van der Waals surface area contributed by atoms with Crippen molar-refractivity contribution in [3.05, 3.63) is 53.1 Å². The Morgan fingerprint density at radius 1 is 0.955 bits per heavy atom. The van der Waals surface area contributed by atoms with Gasteiger partial charge in [0.25, 0.3) is 11.8 Å². The summed E-state index contributed by atoms with van der Waals surface area (Å²) < 4.78 is 10.7. The van der Waals surface area contributed by atoms with Crippen LogP contribution in [0.2, 0.25) is 0 Å². The number of allylic oxidation sites excluding steroid dienone is 2. The van der Waals surface area contributed by atoms with Crippen molar-refractivity contribution in [2.45, 2.75) is 28.5 Å². The number of methoxy groups -OCH3 is 2. The molecule has 230 valence electrons. The van der Waals surface area contributed by atoms with Gasteiger partial charge in [-0.05, 0) is 48.6 Å². The SMILES string of the molecule is COc1cc(C2C3=CCC4C(=O)N(c5ccc(C(=O)O)c(O)c5)C(=O)C4C3CC3(Cl)C(=O)N(C)C(=O)C23Cl)cc(OC)c1O. The van der Waals surface area contributed by atoms with E-state index in [9.17, 15) is 39.3 Å². The molecular weight excluding hydrogens is 619 g/mol. The predicted molar refractivity (Wildman–Crippen MR) is 154 cm³/mol. The number of phenols is 2. The normalized spacial score (nSPS) is 31.0. The van der Waals surface area contributed by atoms with Crippen molar-refractivity contribution in [2.75, 3.05) is 26.2 Å². The van der Waals surface area contributed by atoms with Crippen LogP contribution in [0.15, 0.2) is 42.0 Å². The lowest BCUT2D eigenvalue weighted by Crippen LogP contribution is -2.60. The van der Waals surface area contributed by atoms with E-state index < -0.39 is 74.3 Å². The number of benzene rings is 2. The highest BCUT2D eigenvalue weighted by Gasteiger charge is 2.76. The summed E-state index contributed by atoms with van der Waals surface area (Å²) in [5.74, 6) is -8.84. The molecule has 2 saturated heterocycles. The highest BCUT2D eigenvalue weighted by Crippen LogP contribution is 2.66. The van der Waals surface area contributed by atoms with E-state index in [0.717, 1.165) is 21.9 Å². The predicted octanol–water partition coefficient (Wildman–Crippen LogP) is 3.01. The second kappa shape index (κ2) is 9.86. The molecule has 44 heavy (non-hydrogen) atoms. The van der Waals surface area contributed by atoms with Gasteiger partial charge in [0.2, 0.25) is 17.6 Å². The fourth-order valence-corrected chi connectivity index (χ4v) is 8.31. The third-order valence-electron chi connectivity index (χ3n) is 9.32. The van der Waals surface area contributed by atoms with E-state index in [4.69, 9.17) is 32.7 Å². The fraction of sp³-hybridized carbons (Fsp3) is 0.367. The van der Waals surface area contributed by atoms with Crippen molar-refractivity contribution in [1.29, 1.82) is 0 Å². The molecule has 3 N–H and O–H groups in total. The van der Waals surface area contributed by atoms with E-state index in [-0.39, 0.29) is 35.8 Å². The maximum Gasteiger partial charge on any atom is 0.339 e. The van der Waals surface area contributed by atoms with E-state index in [1.165, 1.54) is 39.5 Å². The average Bonchev–Trinajstić information content (AvgIpc) is 3.32. The summed E-state index contributed by atoms with van der Waals surface area (Å²) >= 11 is 14.3. The van der Waals surface area contributed by atoms with Gasteiger partial charge in [0.05, 0.1) is 31.7 Å². The molecule has 12 nitrogen and oxygen atoms in total. The van der Waals surface area contributed by atoms with Gasteiger partial charge in [0.1, 0.15) is 11.3 Å². The number of carbonyl (C=O) groups excluding carboxylic acids is 4. The van der Waals surface area contributed by atoms with Gasteiger partial charge < -0.3 is 24.8 Å². The number of rotatable bonds is 5. The van der Waals surface area contributed by atoms with Crippen molar-refractivity contribution in [3.63, 3.8) is 0 Å². The highest BCUT2D eigenvalue weighted by molar-refractivity contribution is 6.53. The number of halogens is 2. The lowest BCUT2D eigenvalue weighted by Gasteiger charge is -2.50. The molecule has 4 aliphatic rings. The van der Waals surface area contributed by atoms with Crippen LogP contribution < -0.4 is 14.4 Å². The van der Waals surface area contributed by atoms with Gasteiger partial charge in [0.15, 0.2) is 21.2 Å². The molecule has 2 heterocycles. The first-order valence-electron chi connectivity index (χ1n) is 13.5. The van der Waals surface area contributed by atoms with Gasteiger partial charge in [-0.3, -0.25) is 24.1 Å².